The van der Waals surface area contributed by atoms with Gasteiger partial charge in [-0.05, 0) is 50.0 Å². The third-order valence-electron chi connectivity index (χ3n) is 4.76. The third kappa shape index (κ3) is 8.33. The van der Waals surface area contributed by atoms with Gasteiger partial charge in [0.1, 0.15) is 0 Å². The highest BCUT2D eigenvalue weighted by Crippen LogP contribution is 2.22. The van der Waals surface area contributed by atoms with Crippen molar-refractivity contribution >= 4 is 16.2 Å². The smallest absolute Gasteiger partial charge is 0.317 e. The lowest BCUT2D eigenvalue weighted by atomic mass is 10.00. The summed E-state index contributed by atoms with van der Waals surface area (Å²) in [6, 6.07) is 0. The summed E-state index contributed by atoms with van der Waals surface area (Å²) in [5.74, 6) is 0.191. The Labute approximate surface area is 159 Å². The summed E-state index contributed by atoms with van der Waals surface area (Å²) in [4.78, 5) is 10.6. The van der Waals surface area contributed by atoms with E-state index in [1.807, 2.05) is 0 Å². The summed E-state index contributed by atoms with van der Waals surface area (Å²) in [7, 11) is -3.47. The van der Waals surface area contributed by atoms with Crippen molar-refractivity contribution in [2.24, 2.45) is 17.8 Å². The molecular weight excluding hydrogens is 354 g/mol. The van der Waals surface area contributed by atoms with Gasteiger partial charge in [0.15, 0.2) is 0 Å². The largest absolute Gasteiger partial charge is 0.480 e. The molecule has 1 aliphatic heterocycles. The first kappa shape index (κ1) is 23.3. The van der Waals surface area contributed by atoms with E-state index in [1.54, 1.807) is 8.61 Å². The standard InChI is InChI=1S/C18H37N3O4S/c1-15(2)7-10-20(11-8-16(3)4)26(24,25)21-9-5-6-17(14-21)12-19-13-18(22)23/h15-17,19H,5-14H2,1-4H3,(H,22,23). The van der Waals surface area contributed by atoms with E-state index in [4.69, 9.17) is 5.11 Å². The van der Waals surface area contributed by atoms with Gasteiger partial charge in [-0.1, -0.05) is 27.7 Å². The predicted octanol–water partition coefficient (Wildman–Crippen LogP) is 2.01. The van der Waals surface area contributed by atoms with Crippen molar-refractivity contribution in [1.29, 1.82) is 0 Å². The molecule has 1 fully saturated rings. The molecule has 1 rings (SSSR count). The first-order valence-corrected chi connectivity index (χ1v) is 11.2. The van der Waals surface area contributed by atoms with Crippen LogP contribution < -0.4 is 5.32 Å². The molecule has 0 spiro atoms. The SMILES string of the molecule is CC(C)CCN(CCC(C)C)S(=O)(=O)N1CCCC(CNCC(=O)O)C1. The van der Waals surface area contributed by atoms with Gasteiger partial charge in [0.25, 0.3) is 10.2 Å². The van der Waals surface area contributed by atoms with Gasteiger partial charge in [0.2, 0.25) is 0 Å². The number of carboxylic acids is 1. The van der Waals surface area contributed by atoms with E-state index in [0.717, 1.165) is 25.7 Å². The fourth-order valence-electron chi connectivity index (χ4n) is 3.10. The van der Waals surface area contributed by atoms with Crippen molar-refractivity contribution in [3.05, 3.63) is 0 Å². The second-order valence-corrected chi connectivity index (χ2v) is 10.1. The lowest BCUT2D eigenvalue weighted by Crippen LogP contribution is -2.50. The highest BCUT2D eigenvalue weighted by molar-refractivity contribution is 7.86. The van der Waals surface area contributed by atoms with E-state index in [0.29, 0.717) is 44.6 Å². The monoisotopic (exact) mass is 391 g/mol. The normalized spacial score (nSPS) is 19.6. The Morgan fingerprint density at radius 3 is 2.27 bits per heavy atom. The summed E-state index contributed by atoms with van der Waals surface area (Å²) >= 11 is 0. The number of nitrogens with one attached hydrogen (secondary N) is 1. The molecule has 0 radical (unpaired) electrons. The zero-order valence-electron chi connectivity index (χ0n) is 16.8. The van der Waals surface area contributed by atoms with E-state index >= 15 is 0 Å². The van der Waals surface area contributed by atoms with E-state index in [-0.39, 0.29) is 12.5 Å². The maximum absolute atomic E-state index is 13.2. The van der Waals surface area contributed by atoms with Crippen molar-refractivity contribution in [2.45, 2.75) is 53.4 Å². The lowest BCUT2D eigenvalue weighted by molar-refractivity contribution is -0.136. The first-order chi connectivity index (χ1) is 12.1. The summed E-state index contributed by atoms with van der Waals surface area (Å²) < 4.78 is 29.6. The molecule has 0 aliphatic carbocycles. The van der Waals surface area contributed by atoms with Crippen molar-refractivity contribution in [1.82, 2.24) is 13.9 Å². The van der Waals surface area contributed by atoms with Crippen LogP contribution in [0.25, 0.3) is 0 Å². The molecule has 0 bridgehead atoms. The van der Waals surface area contributed by atoms with Crippen LogP contribution in [0.2, 0.25) is 0 Å². The molecule has 0 saturated carbocycles. The molecule has 0 amide bonds. The maximum atomic E-state index is 13.2. The number of piperidine rings is 1. The number of rotatable bonds is 12. The van der Waals surface area contributed by atoms with Gasteiger partial charge in [0.05, 0.1) is 6.54 Å². The topological polar surface area (TPSA) is 90.0 Å². The second kappa shape index (κ2) is 11.2. The van der Waals surface area contributed by atoms with E-state index < -0.39 is 16.2 Å². The Morgan fingerprint density at radius 1 is 1.19 bits per heavy atom. The molecule has 2 N–H and O–H groups in total. The maximum Gasteiger partial charge on any atom is 0.317 e. The summed E-state index contributed by atoms with van der Waals surface area (Å²) in [5.41, 5.74) is 0. The van der Waals surface area contributed by atoms with Crippen molar-refractivity contribution in [3.8, 4) is 0 Å². The lowest BCUT2D eigenvalue weighted by Gasteiger charge is -2.36. The third-order valence-corrected chi connectivity index (χ3v) is 6.76. The Kier molecular flexibility index (Phi) is 10.1. The van der Waals surface area contributed by atoms with Gasteiger partial charge in [-0.2, -0.15) is 17.0 Å². The van der Waals surface area contributed by atoms with E-state index in [1.165, 1.54) is 0 Å². The first-order valence-electron chi connectivity index (χ1n) is 9.80. The van der Waals surface area contributed by atoms with Crippen molar-refractivity contribution in [2.75, 3.05) is 39.3 Å². The average molecular weight is 392 g/mol. The van der Waals surface area contributed by atoms with Crippen LogP contribution in [-0.4, -0.2) is 67.4 Å². The number of hydrogen-bond acceptors (Lipinski definition) is 4. The van der Waals surface area contributed by atoms with Crippen LogP contribution in [0, 0.1) is 17.8 Å². The molecule has 26 heavy (non-hydrogen) atoms. The average Bonchev–Trinajstić information content (AvgIpc) is 2.54. The van der Waals surface area contributed by atoms with Crippen LogP contribution in [0.5, 0.6) is 0 Å². The Morgan fingerprint density at radius 2 is 1.77 bits per heavy atom. The minimum Gasteiger partial charge on any atom is -0.480 e. The predicted molar refractivity (Wildman–Crippen MR) is 104 cm³/mol. The van der Waals surface area contributed by atoms with Crippen LogP contribution in [0.15, 0.2) is 0 Å². The van der Waals surface area contributed by atoms with Crippen LogP contribution in [0.4, 0.5) is 0 Å². The molecular formula is C18H37N3O4S. The Balaban J connectivity index is 2.72. The molecule has 1 saturated heterocycles. The zero-order chi connectivity index (χ0) is 19.7. The molecule has 154 valence electrons. The molecule has 8 heteroatoms. The number of carbonyl (C=O) groups is 1. The van der Waals surface area contributed by atoms with Crippen molar-refractivity contribution < 1.29 is 18.3 Å². The minimum absolute atomic E-state index is 0.0852. The number of nitrogens with zero attached hydrogens (tertiary/aromatic N) is 2. The van der Waals surface area contributed by atoms with Gasteiger partial charge >= 0.3 is 5.97 Å². The highest BCUT2D eigenvalue weighted by atomic mass is 32.2. The van der Waals surface area contributed by atoms with Gasteiger partial charge < -0.3 is 10.4 Å². The minimum atomic E-state index is -3.47. The highest BCUT2D eigenvalue weighted by Gasteiger charge is 2.33. The fourth-order valence-corrected chi connectivity index (χ4v) is 4.85. The molecule has 1 heterocycles. The number of carboxylic acid groups (broad SMARTS) is 1. The molecule has 7 nitrogen and oxygen atoms in total. The van der Waals surface area contributed by atoms with Crippen LogP contribution in [0.3, 0.4) is 0 Å². The Bertz CT molecular complexity index is 511. The van der Waals surface area contributed by atoms with Gasteiger partial charge in [0, 0.05) is 26.2 Å². The van der Waals surface area contributed by atoms with E-state index in [9.17, 15) is 13.2 Å². The molecule has 0 aromatic heterocycles. The van der Waals surface area contributed by atoms with Crippen LogP contribution >= 0.6 is 0 Å². The van der Waals surface area contributed by atoms with Crippen LogP contribution in [0.1, 0.15) is 53.4 Å². The number of hydrogen-bond donors (Lipinski definition) is 2. The summed E-state index contributed by atoms with van der Waals surface area (Å²) in [6.07, 6.45) is 3.46. The zero-order valence-corrected chi connectivity index (χ0v) is 17.6. The van der Waals surface area contributed by atoms with Crippen LogP contribution in [-0.2, 0) is 15.0 Å². The Hall–Kier alpha value is -0.700. The van der Waals surface area contributed by atoms with Gasteiger partial charge in [-0.3, -0.25) is 4.79 Å². The summed E-state index contributed by atoms with van der Waals surface area (Å²) in [6.45, 7) is 11.0. The number of aliphatic carboxylic acids is 1. The summed E-state index contributed by atoms with van der Waals surface area (Å²) in [5, 5.41) is 11.6. The van der Waals surface area contributed by atoms with Gasteiger partial charge in [-0.25, -0.2) is 0 Å². The van der Waals surface area contributed by atoms with Gasteiger partial charge in [-0.15, -0.1) is 0 Å². The fraction of sp³-hybridized carbons (Fsp3) is 0.944. The van der Waals surface area contributed by atoms with E-state index in [2.05, 4.69) is 33.0 Å². The molecule has 1 unspecified atom stereocenters. The molecule has 0 aromatic rings. The second-order valence-electron chi connectivity index (χ2n) is 8.16. The molecule has 0 aromatic carbocycles. The molecule has 1 aliphatic rings. The molecule has 1 atom stereocenters. The quantitative estimate of drug-likeness (QED) is 0.531. The van der Waals surface area contributed by atoms with Crippen molar-refractivity contribution in [3.63, 3.8) is 0 Å².